The number of hydrogen-bond acceptors (Lipinski definition) is 3. The summed E-state index contributed by atoms with van der Waals surface area (Å²) >= 11 is 0. The van der Waals surface area contributed by atoms with Gasteiger partial charge in [-0.05, 0) is 85.6 Å². The lowest BCUT2D eigenvalue weighted by Crippen LogP contribution is -2.32. The molecule has 11 rings (SSSR count). The first kappa shape index (κ1) is 30.6. The van der Waals surface area contributed by atoms with Gasteiger partial charge in [-0.1, -0.05) is 164 Å². The lowest BCUT2D eigenvalue weighted by Gasteiger charge is -2.39. The number of fused-ring (bicyclic) bond motifs is 11. The van der Waals surface area contributed by atoms with Crippen molar-refractivity contribution in [2.45, 2.75) is 11.5 Å². The largest absolute Gasteiger partial charge is 0.457 e. The molecule has 2 aliphatic heterocycles. The molecule has 0 bridgehead atoms. The molecule has 0 saturated carbocycles. The van der Waals surface area contributed by atoms with E-state index < -0.39 is 5.41 Å². The zero-order valence-corrected chi connectivity index (χ0v) is 29.4. The van der Waals surface area contributed by atoms with Gasteiger partial charge in [0.25, 0.3) is 0 Å². The second-order valence-electron chi connectivity index (χ2n) is 14.3. The van der Waals surface area contributed by atoms with E-state index in [1.807, 2.05) is 0 Å². The Morgan fingerprint density at radius 2 is 1.13 bits per heavy atom. The van der Waals surface area contributed by atoms with Crippen LogP contribution in [0.2, 0.25) is 0 Å². The van der Waals surface area contributed by atoms with Crippen LogP contribution in [0.25, 0.3) is 38.7 Å². The topological polar surface area (TPSA) is 33.6 Å². The van der Waals surface area contributed by atoms with Gasteiger partial charge in [-0.15, -0.1) is 0 Å². The van der Waals surface area contributed by atoms with Crippen molar-refractivity contribution in [1.29, 1.82) is 0 Å². The molecule has 1 aliphatic carbocycles. The quantitative estimate of drug-likeness (QED) is 0.199. The van der Waals surface area contributed by atoms with E-state index in [0.717, 1.165) is 62.0 Å². The molecule has 54 heavy (non-hydrogen) atoms. The summed E-state index contributed by atoms with van der Waals surface area (Å²) in [5.41, 5.74) is 13.6. The Kier molecular flexibility index (Phi) is 6.83. The van der Waals surface area contributed by atoms with Crippen LogP contribution in [0, 0.1) is 0 Å². The fraction of sp³-hybridized carbons (Fsp3) is 0.0392. The summed E-state index contributed by atoms with van der Waals surface area (Å²) in [6.07, 6.45) is 2.23. The zero-order valence-electron chi connectivity index (χ0n) is 29.4. The number of ether oxygens (including phenoxy) is 1. The summed E-state index contributed by atoms with van der Waals surface area (Å²) in [4.78, 5) is 5.28. The van der Waals surface area contributed by atoms with Gasteiger partial charge in [0.2, 0.25) is 0 Å². The van der Waals surface area contributed by atoms with E-state index >= 15 is 0 Å². The van der Waals surface area contributed by atoms with Crippen LogP contribution < -0.4 is 10.1 Å². The Hall–Kier alpha value is -6.97. The van der Waals surface area contributed by atoms with Crippen LogP contribution in [-0.2, 0) is 5.41 Å². The normalized spacial score (nSPS) is 15.9. The van der Waals surface area contributed by atoms with E-state index in [2.05, 4.69) is 199 Å². The zero-order chi connectivity index (χ0) is 35.6. The Morgan fingerprint density at radius 3 is 1.93 bits per heavy atom. The molecule has 254 valence electrons. The molecule has 1 unspecified atom stereocenters. The van der Waals surface area contributed by atoms with Gasteiger partial charge in [-0.3, -0.25) is 4.99 Å². The van der Waals surface area contributed by atoms with Gasteiger partial charge in [0.15, 0.2) is 0 Å². The van der Waals surface area contributed by atoms with Crippen molar-refractivity contribution in [3.05, 3.63) is 233 Å². The molecule has 3 heteroatoms. The third-order valence-electron chi connectivity index (χ3n) is 11.4. The van der Waals surface area contributed by atoms with Crippen LogP contribution in [-0.4, -0.2) is 5.84 Å². The second-order valence-corrected chi connectivity index (χ2v) is 14.3. The molecule has 3 aliphatic rings. The molecule has 0 aromatic heterocycles. The van der Waals surface area contributed by atoms with Crippen molar-refractivity contribution in [1.82, 2.24) is 5.32 Å². The number of para-hydroxylation sites is 2. The standard InChI is InChI=1S/C51H34N2O/c1-3-15-34(16-4-1)45-32-46(35-17-5-2-6-18-35)53-50(52-45)38-20-13-19-36(30-38)37-26-28-40-44(31-37)51(43-29-27-33-14-7-8-21-39(33)49(40)43)41-22-9-11-24-47(41)54-48-25-12-10-23-42(48)51/h1-32,45H,(H,52,53). The molecule has 1 spiro atoms. The van der Waals surface area contributed by atoms with Crippen LogP contribution in [0.15, 0.2) is 199 Å². The molecular formula is C51H34N2O. The molecule has 8 aromatic carbocycles. The average Bonchev–Trinajstić information content (AvgIpc) is 3.54. The van der Waals surface area contributed by atoms with Gasteiger partial charge >= 0.3 is 0 Å². The predicted octanol–water partition coefficient (Wildman–Crippen LogP) is 12.1. The third-order valence-corrected chi connectivity index (χ3v) is 11.4. The molecule has 1 N–H and O–H groups in total. The predicted molar refractivity (Wildman–Crippen MR) is 220 cm³/mol. The second kappa shape index (κ2) is 12.0. The van der Waals surface area contributed by atoms with Crippen molar-refractivity contribution < 1.29 is 4.74 Å². The van der Waals surface area contributed by atoms with Crippen LogP contribution in [0.4, 0.5) is 0 Å². The summed E-state index contributed by atoms with van der Waals surface area (Å²) in [6.45, 7) is 0. The first-order chi connectivity index (χ1) is 26.8. The van der Waals surface area contributed by atoms with Gasteiger partial charge in [0.05, 0.1) is 11.5 Å². The number of benzene rings is 8. The molecule has 0 saturated heterocycles. The Balaban J connectivity index is 1.10. The molecule has 1 atom stereocenters. The monoisotopic (exact) mass is 690 g/mol. The van der Waals surface area contributed by atoms with E-state index in [4.69, 9.17) is 9.73 Å². The molecule has 8 aromatic rings. The van der Waals surface area contributed by atoms with Gasteiger partial charge in [0.1, 0.15) is 17.3 Å². The van der Waals surface area contributed by atoms with E-state index in [1.54, 1.807) is 0 Å². The average molecular weight is 691 g/mol. The number of rotatable bonds is 4. The summed E-state index contributed by atoms with van der Waals surface area (Å²) in [6, 6.07) is 67.3. The Bertz CT molecular complexity index is 2790. The Labute approximate surface area is 314 Å². The lowest BCUT2D eigenvalue weighted by atomic mass is 9.66. The molecule has 0 radical (unpaired) electrons. The van der Waals surface area contributed by atoms with Gasteiger partial charge in [-0.25, -0.2) is 0 Å². The fourth-order valence-corrected chi connectivity index (χ4v) is 8.98. The highest BCUT2D eigenvalue weighted by molar-refractivity contribution is 6.07. The minimum atomic E-state index is -0.555. The maximum Gasteiger partial charge on any atom is 0.133 e. The van der Waals surface area contributed by atoms with Crippen molar-refractivity contribution >= 4 is 22.3 Å². The van der Waals surface area contributed by atoms with Crippen LogP contribution >= 0.6 is 0 Å². The highest BCUT2D eigenvalue weighted by atomic mass is 16.5. The summed E-state index contributed by atoms with van der Waals surface area (Å²) in [5.74, 6) is 2.65. The van der Waals surface area contributed by atoms with Crippen molar-refractivity contribution in [2.24, 2.45) is 4.99 Å². The van der Waals surface area contributed by atoms with E-state index in [-0.39, 0.29) is 6.04 Å². The molecule has 0 amide bonds. The number of nitrogens with one attached hydrogen (secondary N) is 1. The number of hydrogen-bond donors (Lipinski definition) is 1. The molecule has 0 fully saturated rings. The van der Waals surface area contributed by atoms with Gasteiger partial charge in [0, 0.05) is 22.4 Å². The number of aliphatic imine (C=N–C) groups is 1. The highest BCUT2D eigenvalue weighted by Gasteiger charge is 2.51. The van der Waals surface area contributed by atoms with Crippen LogP contribution in [0.3, 0.4) is 0 Å². The summed E-state index contributed by atoms with van der Waals surface area (Å²) in [5, 5.41) is 6.20. The lowest BCUT2D eigenvalue weighted by molar-refractivity contribution is 0.436. The minimum Gasteiger partial charge on any atom is -0.457 e. The first-order valence-electron chi connectivity index (χ1n) is 18.6. The molecule has 2 heterocycles. The van der Waals surface area contributed by atoms with E-state index in [0.29, 0.717) is 0 Å². The van der Waals surface area contributed by atoms with Crippen molar-refractivity contribution in [2.75, 3.05) is 0 Å². The van der Waals surface area contributed by atoms with Gasteiger partial charge in [-0.2, -0.15) is 0 Å². The molecule has 3 nitrogen and oxygen atoms in total. The van der Waals surface area contributed by atoms with Crippen LogP contribution in [0.5, 0.6) is 11.5 Å². The first-order valence-corrected chi connectivity index (χ1v) is 18.6. The van der Waals surface area contributed by atoms with Crippen LogP contribution in [0.1, 0.15) is 45.0 Å². The molecular weight excluding hydrogens is 657 g/mol. The van der Waals surface area contributed by atoms with Gasteiger partial charge < -0.3 is 10.1 Å². The smallest absolute Gasteiger partial charge is 0.133 e. The maximum atomic E-state index is 6.64. The Morgan fingerprint density at radius 1 is 0.481 bits per heavy atom. The maximum absolute atomic E-state index is 6.64. The summed E-state index contributed by atoms with van der Waals surface area (Å²) in [7, 11) is 0. The van der Waals surface area contributed by atoms with E-state index in [1.165, 1.54) is 33.0 Å². The SMILES string of the molecule is C1=C(c2ccccc2)NC(c2cccc(-c3ccc4c(c3)C3(c5ccccc5Oc5ccccc53)c3ccc5ccccc5c3-4)c2)=NC1c1ccccc1. The van der Waals surface area contributed by atoms with Crippen molar-refractivity contribution in [3.63, 3.8) is 0 Å². The van der Waals surface area contributed by atoms with Crippen molar-refractivity contribution in [3.8, 4) is 33.8 Å². The number of amidine groups is 1. The minimum absolute atomic E-state index is 0.108. The third kappa shape index (κ3) is 4.58. The summed E-state index contributed by atoms with van der Waals surface area (Å²) < 4.78 is 6.64. The fourth-order valence-electron chi connectivity index (χ4n) is 8.98. The highest BCUT2D eigenvalue weighted by Crippen LogP contribution is 2.63. The van der Waals surface area contributed by atoms with E-state index in [9.17, 15) is 0 Å². The number of nitrogens with zero attached hydrogens (tertiary/aromatic N) is 1.